The fourth-order valence-electron chi connectivity index (χ4n) is 2.36. The van der Waals surface area contributed by atoms with Crippen molar-refractivity contribution in [1.29, 1.82) is 0 Å². The highest BCUT2D eigenvalue weighted by atomic mass is 79.9. The Morgan fingerprint density at radius 2 is 2.04 bits per heavy atom. The van der Waals surface area contributed by atoms with Crippen molar-refractivity contribution in [2.45, 2.75) is 32.5 Å². The van der Waals surface area contributed by atoms with Gasteiger partial charge >= 0.3 is 5.97 Å². The number of aliphatic carboxylic acids is 1. The summed E-state index contributed by atoms with van der Waals surface area (Å²) in [5.74, 6) is 4.44. The summed E-state index contributed by atoms with van der Waals surface area (Å²) < 4.78 is 25.0. The Balaban J connectivity index is 1.99. The van der Waals surface area contributed by atoms with E-state index in [1.165, 1.54) is 12.1 Å². The summed E-state index contributed by atoms with van der Waals surface area (Å²) in [4.78, 5) is 11.3. The molecule has 0 heterocycles. The summed E-state index contributed by atoms with van der Waals surface area (Å²) in [5, 5.41) is 9.27. The van der Waals surface area contributed by atoms with Crippen molar-refractivity contribution in [2.24, 2.45) is 0 Å². The van der Waals surface area contributed by atoms with Gasteiger partial charge in [0.05, 0.1) is 6.10 Å². The predicted octanol–water partition coefficient (Wildman–Crippen LogP) is 4.44. The maximum Gasteiger partial charge on any atom is 0.333 e. The molecule has 0 aliphatic rings. The Hall–Kier alpha value is -2.36. The SMILES string of the molecule is CC(C)OC(Cc1cccc(C#CCOc2ccc(Br)cc2F)c1)C(=O)O. The van der Waals surface area contributed by atoms with E-state index >= 15 is 0 Å². The molecule has 1 unspecified atom stereocenters. The third-order valence-electron chi connectivity index (χ3n) is 3.49. The lowest BCUT2D eigenvalue weighted by Crippen LogP contribution is -2.29. The van der Waals surface area contributed by atoms with Crippen LogP contribution in [0.5, 0.6) is 5.75 Å². The Kier molecular flexibility index (Phi) is 7.83. The summed E-state index contributed by atoms with van der Waals surface area (Å²) >= 11 is 3.19. The first-order valence-electron chi connectivity index (χ1n) is 8.39. The summed E-state index contributed by atoms with van der Waals surface area (Å²) in [5.41, 5.74) is 1.54. The molecule has 142 valence electrons. The number of benzene rings is 2. The molecule has 2 aromatic carbocycles. The molecule has 0 aliphatic carbocycles. The van der Waals surface area contributed by atoms with E-state index in [1.807, 2.05) is 24.3 Å². The third-order valence-corrected chi connectivity index (χ3v) is 3.98. The van der Waals surface area contributed by atoms with Crippen LogP contribution >= 0.6 is 15.9 Å². The molecule has 0 bridgehead atoms. The van der Waals surface area contributed by atoms with Gasteiger partial charge in [0, 0.05) is 16.5 Å². The molecular formula is C21H20BrFO4. The average Bonchev–Trinajstić information content (AvgIpc) is 2.59. The van der Waals surface area contributed by atoms with Gasteiger partial charge in [0.25, 0.3) is 0 Å². The lowest BCUT2D eigenvalue weighted by molar-refractivity contribution is -0.153. The molecule has 0 aromatic heterocycles. The first kappa shape index (κ1) is 20.9. The van der Waals surface area contributed by atoms with E-state index in [0.717, 1.165) is 11.1 Å². The Labute approximate surface area is 166 Å². The van der Waals surface area contributed by atoms with Crippen LogP contribution in [0.15, 0.2) is 46.9 Å². The van der Waals surface area contributed by atoms with Crippen LogP contribution in [0.25, 0.3) is 0 Å². The Bertz CT molecular complexity index is 855. The lowest BCUT2D eigenvalue weighted by atomic mass is 10.0. The molecule has 1 N–H and O–H groups in total. The second kappa shape index (κ2) is 10.1. The molecule has 0 radical (unpaired) electrons. The van der Waals surface area contributed by atoms with Crippen LogP contribution in [0.2, 0.25) is 0 Å². The summed E-state index contributed by atoms with van der Waals surface area (Å²) in [6, 6.07) is 11.8. The van der Waals surface area contributed by atoms with E-state index in [2.05, 4.69) is 27.8 Å². The molecule has 6 heteroatoms. The summed E-state index contributed by atoms with van der Waals surface area (Å²) in [6.07, 6.45) is -0.828. The zero-order valence-corrected chi connectivity index (χ0v) is 16.6. The maximum absolute atomic E-state index is 13.7. The van der Waals surface area contributed by atoms with Gasteiger partial charge in [0.1, 0.15) is 6.61 Å². The van der Waals surface area contributed by atoms with Gasteiger partial charge in [-0.25, -0.2) is 9.18 Å². The van der Waals surface area contributed by atoms with E-state index < -0.39 is 17.9 Å². The molecule has 0 saturated heterocycles. The highest BCUT2D eigenvalue weighted by molar-refractivity contribution is 9.10. The van der Waals surface area contributed by atoms with Crippen molar-refractivity contribution in [1.82, 2.24) is 0 Å². The Morgan fingerprint density at radius 1 is 1.26 bits per heavy atom. The number of ether oxygens (including phenoxy) is 2. The number of halogens is 2. The van der Waals surface area contributed by atoms with Crippen LogP contribution in [-0.2, 0) is 16.0 Å². The first-order chi connectivity index (χ1) is 12.8. The van der Waals surface area contributed by atoms with Crippen LogP contribution in [-0.4, -0.2) is 29.9 Å². The molecule has 27 heavy (non-hydrogen) atoms. The van der Waals surface area contributed by atoms with Crippen LogP contribution < -0.4 is 4.74 Å². The molecule has 4 nitrogen and oxygen atoms in total. The van der Waals surface area contributed by atoms with Crippen molar-refractivity contribution < 1.29 is 23.8 Å². The summed E-state index contributed by atoms with van der Waals surface area (Å²) in [6.45, 7) is 3.63. The van der Waals surface area contributed by atoms with E-state index in [9.17, 15) is 14.3 Å². The molecule has 0 amide bonds. The van der Waals surface area contributed by atoms with Crippen LogP contribution in [0.4, 0.5) is 4.39 Å². The minimum atomic E-state index is -0.995. The average molecular weight is 435 g/mol. The van der Waals surface area contributed by atoms with Crippen molar-refractivity contribution in [3.05, 3.63) is 63.9 Å². The second-order valence-corrected chi connectivity index (χ2v) is 7.00. The number of hydrogen-bond acceptors (Lipinski definition) is 3. The van der Waals surface area contributed by atoms with E-state index in [0.29, 0.717) is 4.47 Å². The lowest BCUT2D eigenvalue weighted by Gasteiger charge is -2.16. The normalized spacial score (nSPS) is 11.6. The number of carboxylic acid groups (broad SMARTS) is 1. The first-order valence-corrected chi connectivity index (χ1v) is 9.18. The minimum Gasteiger partial charge on any atom is -0.479 e. The largest absolute Gasteiger partial charge is 0.479 e. The van der Waals surface area contributed by atoms with Crippen LogP contribution in [0.1, 0.15) is 25.0 Å². The van der Waals surface area contributed by atoms with Crippen molar-refractivity contribution in [3.63, 3.8) is 0 Å². The highest BCUT2D eigenvalue weighted by Gasteiger charge is 2.20. The molecule has 0 aliphatic heterocycles. The van der Waals surface area contributed by atoms with Crippen LogP contribution in [0, 0.1) is 17.7 Å². The van der Waals surface area contributed by atoms with Gasteiger partial charge in [0.15, 0.2) is 17.7 Å². The maximum atomic E-state index is 13.7. The van der Waals surface area contributed by atoms with Gasteiger partial charge in [-0.3, -0.25) is 0 Å². The quantitative estimate of drug-likeness (QED) is 0.654. The van der Waals surface area contributed by atoms with Gasteiger partial charge in [-0.15, -0.1) is 0 Å². The van der Waals surface area contributed by atoms with E-state index in [1.54, 1.807) is 19.9 Å². The van der Waals surface area contributed by atoms with Gasteiger partial charge in [-0.05, 0) is 49.7 Å². The van der Waals surface area contributed by atoms with Gasteiger partial charge in [-0.1, -0.05) is 39.9 Å². The van der Waals surface area contributed by atoms with E-state index in [-0.39, 0.29) is 24.9 Å². The number of hydrogen-bond donors (Lipinski definition) is 1. The molecule has 0 saturated carbocycles. The standard InChI is InChI=1S/C21H20BrFO4/c1-14(2)27-20(21(24)25)12-16-6-3-5-15(11-16)7-4-10-26-19-9-8-17(22)13-18(19)23/h3,5-6,8-9,11,13-14,20H,10,12H2,1-2H3,(H,24,25). The minimum absolute atomic E-state index is 0.0387. The van der Waals surface area contributed by atoms with Gasteiger partial charge in [0.2, 0.25) is 0 Å². The van der Waals surface area contributed by atoms with Crippen molar-refractivity contribution in [3.8, 4) is 17.6 Å². The Morgan fingerprint density at radius 3 is 2.70 bits per heavy atom. The third kappa shape index (κ3) is 7.05. The number of rotatable bonds is 7. The smallest absolute Gasteiger partial charge is 0.333 e. The number of carbonyl (C=O) groups is 1. The van der Waals surface area contributed by atoms with E-state index in [4.69, 9.17) is 9.47 Å². The molecule has 0 fully saturated rings. The van der Waals surface area contributed by atoms with Gasteiger partial charge < -0.3 is 14.6 Å². The molecule has 2 aromatic rings. The monoisotopic (exact) mass is 434 g/mol. The number of carboxylic acids is 1. The van der Waals surface area contributed by atoms with Crippen molar-refractivity contribution >= 4 is 21.9 Å². The molecule has 0 spiro atoms. The van der Waals surface area contributed by atoms with Crippen LogP contribution in [0.3, 0.4) is 0 Å². The topological polar surface area (TPSA) is 55.8 Å². The fraction of sp³-hybridized carbons (Fsp3) is 0.286. The molecule has 1 atom stereocenters. The zero-order chi connectivity index (χ0) is 19.8. The zero-order valence-electron chi connectivity index (χ0n) is 15.0. The summed E-state index contributed by atoms with van der Waals surface area (Å²) in [7, 11) is 0. The fourth-order valence-corrected chi connectivity index (χ4v) is 2.69. The molecule has 2 rings (SSSR count). The second-order valence-electron chi connectivity index (χ2n) is 6.08. The molecular weight excluding hydrogens is 415 g/mol. The predicted molar refractivity (Wildman–Crippen MR) is 104 cm³/mol. The van der Waals surface area contributed by atoms with Crippen molar-refractivity contribution in [2.75, 3.05) is 6.61 Å². The van der Waals surface area contributed by atoms with Gasteiger partial charge in [-0.2, -0.15) is 0 Å². The highest BCUT2D eigenvalue weighted by Crippen LogP contribution is 2.21.